The Bertz CT molecular complexity index is 1020. The summed E-state index contributed by atoms with van der Waals surface area (Å²) in [6.45, 7) is 6.57. The lowest BCUT2D eigenvalue weighted by atomic mass is 10.1. The third-order valence-corrected chi connectivity index (χ3v) is 4.82. The Balaban J connectivity index is 1.50. The second-order valence-corrected chi connectivity index (χ2v) is 7.38. The van der Waals surface area contributed by atoms with Gasteiger partial charge in [-0.3, -0.25) is 4.79 Å². The number of carbonyl (C=O) groups excluding carboxylic acids is 1. The van der Waals surface area contributed by atoms with Crippen molar-refractivity contribution in [3.63, 3.8) is 0 Å². The molecule has 0 saturated heterocycles. The number of aromatic nitrogens is 2. The summed E-state index contributed by atoms with van der Waals surface area (Å²) in [4.78, 5) is 16.3. The Morgan fingerprint density at radius 1 is 1.00 bits per heavy atom. The number of aliphatic imine (C=N–C) groups is 1. The van der Waals surface area contributed by atoms with E-state index >= 15 is 0 Å². The van der Waals surface area contributed by atoms with E-state index in [1.54, 1.807) is 6.20 Å². The van der Waals surface area contributed by atoms with Crippen LogP contribution in [0.3, 0.4) is 0 Å². The molecule has 3 aromatic rings. The maximum atomic E-state index is 11.6. The smallest absolute Gasteiger partial charge is 0.257 e. The lowest BCUT2D eigenvalue weighted by Crippen LogP contribution is -2.38. The predicted octanol–water partition coefficient (Wildman–Crippen LogP) is 2.69. The zero-order chi connectivity index (χ0) is 23.3. The van der Waals surface area contributed by atoms with Gasteiger partial charge < -0.3 is 20.7 Å². The van der Waals surface area contributed by atoms with Gasteiger partial charge in [-0.25, -0.2) is 9.67 Å². The van der Waals surface area contributed by atoms with Crippen molar-refractivity contribution in [2.75, 3.05) is 26.2 Å². The zero-order valence-corrected chi connectivity index (χ0v) is 19.3. The number of hydrogen-bond donors (Lipinski definition) is 3. The Kier molecular flexibility index (Phi) is 9.32. The highest BCUT2D eigenvalue weighted by Crippen LogP contribution is 2.14. The van der Waals surface area contributed by atoms with Crippen molar-refractivity contribution in [3.8, 4) is 11.4 Å². The number of amides is 1. The molecule has 0 atom stereocenters. The monoisotopic (exact) mass is 448 g/mol. The molecular weight excluding hydrogens is 416 g/mol. The van der Waals surface area contributed by atoms with Crippen LogP contribution in [0.4, 0.5) is 0 Å². The molecule has 0 aliphatic rings. The highest BCUT2D eigenvalue weighted by molar-refractivity contribution is 5.79. The van der Waals surface area contributed by atoms with Gasteiger partial charge in [0.15, 0.2) is 12.6 Å². The van der Waals surface area contributed by atoms with Crippen LogP contribution in [0.15, 0.2) is 72.0 Å². The first-order valence-corrected chi connectivity index (χ1v) is 11.3. The highest BCUT2D eigenvalue weighted by Gasteiger charge is 2.03. The van der Waals surface area contributed by atoms with Crippen LogP contribution in [0.25, 0.3) is 5.69 Å². The van der Waals surface area contributed by atoms with Gasteiger partial charge in [-0.1, -0.05) is 24.3 Å². The minimum Gasteiger partial charge on any atom is -0.484 e. The number of nitrogens with zero attached hydrogens (tertiary/aromatic N) is 3. The molecule has 33 heavy (non-hydrogen) atoms. The van der Waals surface area contributed by atoms with Crippen molar-refractivity contribution >= 4 is 11.9 Å². The maximum Gasteiger partial charge on any atom is 0.257 e. The Labute approximate surface area is 195 Å². The molecule has 8 nitrogen and oxygen atoms in total. The average Bonchev–Trinajstić information content (AvgIpc) is 3.37. The van der Waals surface area contributed by atoms with E-state index in [4.69, 9.17) is 4.74 Å². The zero-order valence-electron chi connectivity index (χ0n) is 19.3. The number of nitrogens with one attached hydrogen (secondary N) is 3. The van der Waals surface area contributed by atoms with Crippen LogP contribution >= 0.6 is 0 Å². The Hall–Kier alpha value is -3.81. The third kappa shape index (κ3) is 7.99. The fraction of sp³-hybridized carbons (Fsp3) is 0.320. The summed E-state index contributed by atoms with van der Waals surface area (Å²) < 4.78 is 7.41. The molecule has 0 saturated carbocycles. The molecule has 0 bridgehead atoms. The lowest BCUT2D eigenvalue weighted by molar-refractivity contribution is -0.122. The van der Waals surface area contributed by atoms with Gasteiger partial charge in [-0.2, -0.15) is 5.10 Å². The molecule has 0 unspecified atom stereocenters. The fourth-order valence-electron chi connectivity index (χ4n) is 3.20. The second-order valence-electron chi connectivity index (χ2n) is 7.38. The van der Waals surface area contributed by atoms with Crippen molar-refractivity contribution in [2.24, 2.45) is 4.99 Å². The topological polar surface area (TPSA) is 92.6 Å². The van der Waals surface area contributed by atoms with Gasteiger partial charge in [0, 0.05) is 32.0 Å². The summed E-state index contributed by atoms with van der Waals surface area (Å²) in [6.07, 6.45) is 4.59. The van der Waals surface area contributed by atoms with Gasteiger partial charge in [0.2, 0.25) is 0 Å². The molecule has 3 N–H and O–H groups in total. The van der Waals surface area contributed by atoms with Crippen LogP contribution in [0.2, 0.25) is 0 Å². The predicted molar refractivity (Wildman–Crippen MR) is 131 cm³/mol. The Morgan fingerprint density at radius 2 is 1.82 bits per heavy atom. The maximum absolute atomic E-state index is 11.6. The van der Waals surface area contributed by atoms with E-state index in [2.05, 4.69) is 50.3 Å². The fourth-order valence-corrected chi connectivity index (χ4v) is 3.20. The van der Waals surface area contributed by atoms with Crippen molar-refractivity contribution in [2.45, 2.75) is 26.8 Å². The number of rotatable bonds is 11. The SMILES string of the molecule is CCNC(=O)COc1cccc(CN=C(NCC)NCCc2ccc(-n3cccn3)cc2)c1. The van der Waals surface area contributed by atoms with Gasteiger partial charge in [0.25, 0.3) is 5.91 Å². The van der Waals surface area contributed by atoms with E-state index in [1.165, 1.54) is 5.56 Å². The van der Waals surface area contributed by atoms with E-state index in [1.807, 2.05) is 55.1 Å². The van der Waals surface area contributed by atoms with Crippen molar-refractivity contribution in [3.05, 3.63) is 78.1 Å². The molecule has 3 rings (SSSR count). The van der Waals surface area contributed by atoms with Gasteiger partial charge in [0.1, 0.15) is 5.75 Å². The summed E-state index contributed by atoms with van der Waals surface area (Å²) in [6, 6.07) is 17.9. The molecule has 8 heteroatoms. The van der Waals surface area contributed by atoms with Crippen molar-refractivity contribution in [1.82, 2.24) is 25.7 Å². The number of likely N-dealkylation sites (N-methyl/N-ethyl adjacent to an activating group) is 1. The number of carbonyl (C=O) groups is 1. The highest BCUT2D eigenvalue weighted by atomic mass is 16.5. The summed E-state index contributed by atoms with van der Waals surface area (Å²) in [5, 5.41) is 13.6. The number of hydrogen-bond acceptors (Lipinski definition) is 4. The van der Waals surface area contributed by atoms with Crippen LogP contribution in [0.1, 0.15) is 25.0 Å². The minimum atomic E-state index is -0.129. The first-order chi connectivity index (χ1) is 16.2. The van der Waals surface area contributed by atoms with Crippen LogP contribution in [0.5, 0.6) is 5.75 Å². The largest absolute Gasteiger partial charge is 0.484 e. The van der Waals surface area contributed by atoms with Gasteiger partial charge in [0.05, 0.1) is 12.2 Å². The van der Waals surface area contributed by atoms with Gasteiger partial charge in [-0.05, 0) is 61.7 Å². The first kappa shape index (κ1) is 23.8. The minimum absolute atomic E-state index is 0.00762. The van der Waals surface area contributed by atoms with E-state index in [0.717, 1.165) is 36.7 Å². The number of ether oxygens (including phenoxy) is 1. The van der Waals surface area contributed by atoms with E-state index in [-0.39, 0.29) is 12.5 Å². The van der Waals surface area contributed by atoms with Crippen LogP contribution in [-0.2, 0) is 17.8 Å². The summed E-state index contributed by atoms with van der Waals surface area (Å²) in [5.74, 6) is 1.29. The standard InChI is InChI=1S/C25H32N6O2/c1-3-26-24(32)19-33-23-8-5-7-21(17-23)18-29-25(27-4-2)28-15-13-20-9-11-22(12-10-20)31-16-6-14-30-31/h5-12,14,16-17H,3-4,13,15,18-19H2,1-2H3,(H,26,32)(H2,27,28,29). The van der Waals surface area contributed by atoms with Crippen molar-refractivity contribution < 1.29 is 9.53 Å². The molecule has 0 radical (unpaired) electrons. The van der Waals surface area contributed by atoms with Crippen LogP contribution < -0.4 is 20.7 Å². The lowest BCUT2D eigenvalue weighted by Gasteiger charge is -2.12. The Morgan fingerprint density at radius 3 is 2.55 bits per heavy atom. The molecule has 0 aliphatic heterocycles. The quantitative estimate of drug-likeness (QED) is 0.310. The van der Waals surface area contributed by atoms with E-state index in [9.17, 15) is 4.79 Å². The number of guanidine groups is 1. The normalized spacial score (nSPS) is 11.2. The third-order valence-electron chi connectivity index (χ3n) is 4.82. The molecule has 0 spiro atoms. The molecule has 174 valence electrons. The van der Waals surface area contributed by atoms with Gasteiger partial charge >= 0.3 is 0 Å². The summed E-state index contributed by atoms with van der Waals surface area (Å²) in [7, 11) is 0. The summed E-state index contributed by atoms with van der Waals surface area (Å²) >= 11 is 0. The molecule has 1 amide bonds. The second kappa shape index (κ2) is 12.9. The van der Waals surface area contributed by atoms with Crippen LogP contribution in [-0.4, -0.2) is 47.9 Å². The molecular formula is C25H32N6O2. The van der Waals surface area contributed by atoms with Crippen molar-refractivity contribution in [1.29, 1.82) is 0 Å². The van der Waals surface area contributed by atoms with E-state index in [0.29, 0.717) is 18.8 Å². The molecule has 1 aromatic heterocycles. The van der Waals surface area contributed by atoms with Crippen LogP contribution in [0, 0.1) is 0 Å². The molecule has 1 heterocycles. The molecule has 2 aromatic carbocycles. The molecule has 0 aliphatic carbocycles. The van der Waals surface area contributed by atoms with E-state index < -0.39 is 0 Å². The summed E-state index contributed by atoms with van der Waals surface area (Å²) in [5.41, 5.74) is 3.30. The van der Waals surface area contributed by atoms with Gasteiger partial charge in [-0.15, -0.1) is 0 Å². The molecule has 0 fully saturated rings. The number of benzene rings is 2. The average molecular weight is 449 g/mol. The first-order valence-electron chi connectivity index (χ1n) is 11.3.